The number of hydrogen-bond acceptors (Lipinski definition) is 3. The smallest absolute Gasteiger partial charge is 0.137 e. The van der Waals surface area contributed by atoms with E-state index in [-0.39, 0.29) is 12.5 Å². The highest BCUT2D eigenvalue weighted by Crippen LogP contribution is 2.33. The number of aliphatic hydroxyl groups excluding tert-OH is 1. The van der Waals surface area contributed by atoms with Gasteiger partial charge in [0.2, 0.25) is 0 Å². The Morgan fingerprint density at radius 2 is 1.90 bits per heavy atom. The SMILES string of the molecule is CC(C)C1CCC(=O)C(CN(CCO)C2CCCCC2)C1. The van der Waals surface area contributed by atoms with Gasteiger partial charge in [-0.2, -0.15) is 0 Å². The number of Topliss-reactive ketones (excluding diaryl/α,β-unsaturated/α-hetero) is 1. The number of ketones is 1. The molecule has 2 aliphatic rings. The van der Waals surface area contributed by atoms with Crippen molar-refractivity contribution < 1.29 is 9.90 Å². The molecule has 21 heavy (non-hydrogen) atoms. The van der Waals surface area contributed by atoms with E-state index in [0.717, 1.165) is 32.4 Å². The Morgan fingerprint density at radius 3 is 2.52 bits per heavy atom. The Bertz CT molecular complexity index is 323. The summed E-state index contributed by atoms with van der Waals surface area (Å²) in [7, 11) is 0. The molecule has 1 N–H and O–H groups in total. The van der Waals surface area contributed by atoms with E-state index in [4.69, 9.17) is 0 Å². The summed E-state index contributed by atoms with van der Waals surface area (Å²) in [5.41, 5.74) is 0. The van der Waals surface area contributed by atoms with Crippen LogP contribution in [0.15, 0.2) is 0 Å². The topological polar surface area (TPSA) is 40.5 Å². The molecule has 2 unspecified atom stereocenters. The van der Waals surface area contributed by atoms with Crippen LogP contribution >= 0.6 is 0 Å². The largest absolute Gasteiger partial charge is 0.395 e. The van der Waals surface area contributed by atoms with Gasteiger partial charge < -0.3 is 5.11 Å². The van der Waals surface area contributed by atoms with E-state index in [1.807, 2.05) is 0 Å². The van der Waals surface area contributed by atoms with Crippen molar-refractivity contribution >= 4 is 5.78 Å². The van der Waals surface area contributed by atoms with Crippen LogP contribution in [-0.4, -0.2) is 41.5 Å². The van der Waals surface area contributed by atoms with Crippen molar-refractivity contribution in [3.63, 3.8) is 0 Å². The van der Waals surface area contributed by atoms with Crippen molar-refractivity contribution in [2.45, 2.75) is 71.3 Å². The maximum absolute atomic E-state index is 12.3. The predicted molar refractivity (Wildman–Crippen MR) is 86.2 cm³/mol. The molecule has 3 nitrogen and oxygen atoms in total. The highest BCUT2D eigenvalue weighted by atomic mass is 16.3. The molecule has 0 amide bonds. The van der Waals surface area contributed by atoms with E-state index in [2.05, 4.69) is 18.7 Å². The third-order valence-electron chi connectivity index (χ3n) is 5.68. The van der Waals surface area contributed by atoms with Gasteiger partial charge in [-0.1, -0.05) is 33.1 Å². The minimum Gasteiger partial charge on any atom is -0.395 e. The van der Waals surface area contributed by atoms with E-state index >= 15 is 0 Å². The van der Waals surface area contributed by atoms with E-state index in [0.29, 0.717) is 23.7 Å². The fourth-order valence-corrected chi connectivity index (χ4v) is 4.21. The zero-order valence-corrected chi connectivity index (χ0v) is 13.9. The van der Waals surface area contributed by atoms with Gasteiger partial charge in [0.25, 0.3) is 0 Å². The van der Waals surface area contributed by atoms with E-state index in [9.17, 15) is 9.90 Å². The second-order valence-electron chi connectivity index (χ2n) is 7.45. The number of hydrogen-bond donors (Lipinski definition) is 1. The molecular weight excluding hydrogens is 262 g/mol. The van der Waals surface area contributed by atoms with Crippen LogP contribution < -0.4 is 0 Å². The molecule has 0 aromatic heterocycles. The molecule has 0 spiro atoms. The third kappa shape index (κ3) is 4.79. The van der Waals surface area contributed by atoms with Crippen LogP contribution in [0.5, 0.6) is 0 Å². The number of rotatable bonds is 6. The molecule has 0 bridgehead atoms. The van der Waals surface area contributed by atoms with Gasteiger partial charge in [-0.15, -0.1) is 0 Å². The van der Waals surface area contributed by atoms with Crippen molar-refractivity contribution in [2.24, 2.45) is 17.8 Å². The van der Waals surface area contributed by atoms with Crippen molar-refractivity contribution in [1.82, 2.24) is 4.90 Å². The van der Waals surface area contributed by atoms with Crippen LogP contribution in [0.2, 0.25) is 0 Å². The third-order valence-corrected chi connectivity index (χ3v) is 5.68. The summed E-state index contributed by atoms with van der Waals surface area (Å²) in [6, 6.07) is 0.595. The summed E-state index contributed by atoms with van der Waals surface area (Å²) in [5.74, 6) is 2.06. The van der Waals surface area contributed by atoms with E-state index < -0.39 is 0 Å². The molecule has 2 fully saturated rings. The number of carbonyl (C=O) groups is 1. The summed E-state index contributed by atoms with van der Waals surface area (Å²) in [4.78, 5) is 14.7. The first-order valence-corrected chi connectivity index (χ1v) is 8.99. The van der Waals surface area contributed by atoms with Crippen molar-refractivity contribution in [2.75, 3.05) is 19.7 Å². The Morgan fingerprint density at radius 1 is 1.19 bits per heavy atom. The normalized spacial score (nSPS) is 28.5. The van der Waals surface area contributed by atoms with Crippen LogP contribution in [0.25, 0.3) is 0 Å². The summed E-state index contributed by atoms with van der Waals surface area (Å²) in [6.45, 7) is 6.40. The molecule has 2 aliphatic carbocycles. The molecule has 0 aromatic rings. The maximum atomic E-state index is 12.3. The molecule has 0 saturated heterocycles. The van der Waals surface area contributed by atoms with Crippen molar-refractivity contribution in [3.8, 4) is 0 Å². The van der Waals surface area contributed by atoms with Crippen LogP contribution in [0, 0.1) is 17.8 Å². The van der Waals surface area contributed by atoms with Crippen LogP contribution in [-0.2, 0) is 4.79 Å². The second kappa shape index (κ2) is 8.28. The highest BCUT2D eigenvalue weighted by Gasteiger charge is 2.33. The molecule has 0 heterocycles. The van der Waals surface area contributed by atoms with Gasteiger partial charge in [-0.3, -0.25) is 9.69 Å². The predicted octanol–water partition coefficient (Wildman–Crippen LogP) is 3.25. The Balaban J connectivity index is 1.95. The van der Waals surface area contributed by atoms with Gasteiger partial charge in [-0.25, -0.2) is 0 Å². The molecule has 2 rings (SSSR count). The average molecular weight is 295 g/mol. The summed E-state index contributed by atoms with van der Waals surface area (Å²) in [5, 5.41) is 9.38. The molecular formula is C18H33NO2. The van der Waals surface area contributed by atoms with E-state index in [1.54, 1.807) is 0 Å². The highest BCUT2D eigenvalue weighted by molar-refractivity contribution is 5.82. The van der Waals surface area contributed by atoms with Gasteiger partial charge in [0.1, 0.15) is 5.78 Å². The number of aliphatic hydroxyl groups is 1. The van der Waals surface area contributed by atoms with Gasteiger partial charge >= 0.3 is 0 Å². The Kier molecular flexibility index (Phi) is 6.69. The molecule has 2 atom stereocenters. The van der Waals surface area contributed by atoms with Crippen LogP contribution in [0.1, 0.15) is 65.2 Å². The molecule has 2 saturated carbocycles. The molecule has 0 aliphatic heterocycles. The maximum Gasteiger partial charge on any atom is 0.137 e. The second-order valence-corrected chi connectivity index (χ2v) is 7.45. The first-order chi connectivity index (χ1) is 10.1. The molecule has 122 valence electrons. The summed E-state index contributed by atoms with van der Waals surface area (Å²) in [6.07, 6.45) is 9.36. The minimum absolute atomic E-state index is 0.208. The standard InChI is InChI=1S/C18H33NO2/c1-14(2)15-8-9-18(21)16(12-15)13-19(10-11-20)17-6-4-3-5-7-17/h14-17,20H,3-13H2,1-2H3. The van der Waals surface area contributed by atoms with Gasteiger partial charge in [0, 0.05) is 31.5 Å². The lowest BCUT2D eigenvalue weighted by atomic mass is 9.75. The lowest BCUT2D eigenvalue weighted by Crippen LogP contribution is -2.44. The van der Waals surface area contributed by atoms with E-state index in [1.165, 1.54) is 32.1 Å². The minimum atomic E-state index is 0.208. The fourth-order valence-electron chi connectivity index (χ4n) is 4.21. The Hall–Kier alpha value is -0.410. The zero-order chi connectivity index (χ0) is 15.2. The lowest BCUT2D eigenvalue weighted by Gasteiger charge is -2.38. The van der Waals surface area contributed by atoms with Crippen molar-refractivity contribution in [3.05, 3.63) is 0 Å². The monoisotopic (exact) mass is 295 g/mol. The summed E-state index contributed by atoms with van der Waals surface area (Å²) >= 11 is 0. The number of carbonyl (C=O) groups excluding carboxylic acids is 1. The molecule has 0 aromatic carbocycles. The first-order valence-electron chi connectivity index (χ1n) is 8.99. The summed E-state index contributed by atoms with van der Waals surface area (Å²) < 4.78 is 0. The molecule has 0 radical (unpaired) electrons. The van der Waals surface area contributed by atoms with Gasteiger partial charge in [-0.05, 0) is 37.5 Å². The molecule has 3 heteroatoms. The Labute approximate surface area is 130 Å². The van der Waals surface area contributed by atoms with Crippen LogP contribution in [0.3, 0.4) is 0 Å². The quantitative estimate of drug-likeness (QED) is 0.817. The van der Waals surface area contributed by atoms with Gasteiger partial charge in [0.15, 0.2) is 0 Å². The first kappa shape index (κ1) is 17.0. The average Bonchev–Trinajstić information content (AvgIpc) is 2.49. The van der Waals surface area contributed by atoms with Crippen LogP contribution in [0.4, 0.5) is 0 Å². The van der Waals surface area contributed by atoms with Crippen molar-refractivity contribution in [1.29, 1.82) is 0 Å². The fraction of sp³-hybridized carbons (Fsp3) is 0.944. The van der Waals surface area contributed by atoms with Gasteiger partial charge in [0.05, 0.1) is 6.61 Å². The zero-order valence-electron chi connectivity index (χ0n) is 13.9. The number of nitrogens with zero attached hydrogens (tertiary/aromatic N) is 1. The lowest BCUT2D eigenvalue weighted by molar-refractivity contribution is -0.127.